The second-order valence-corrected chi connectivity index (χ2v) is 4.29. The zero-order chi connectivity index (χ0) is 10.9. The zero-order valence-corrected chi connectivity index (χ0v) is 10.0. The average molecular weight is 220 g/mol. The second kappa shape index (κ2) is 7.40. The van der Waals surface area contributed by atoms with Gasteiger partial charge in [-0.1, -0.05) is 36.9 Å². The lowest BCUT2D eigenvalue weighted by molar-refractivity contribution is 0.132. The minimum Gasteiger partial charge on any atom is -0.420 e. The van der Waals surface area contributed by atoms with Crippen LogP contribution in [-0.2, 0) is 15.8 Å². The predicted molar refractivity (Wildman–Crippen MR) is 63.8 cm³/mol. The van der Waals surface area contributed by atoms with Gasteiger partial charge in [-0.2, -0.15) is 0 Å². The predicted octanol–water partition coefficient (Wildman–Crippen LogP) is 2.53. The van der Waals surface area contributed by atoms with E-state index >= 15 is 0 Å². The van der Waals surface area contributed by atoms with Crippen LogP contribution < -0.4 is 0 Å². The summed E-state index contributed by atoms with van der Waals surface area (Å²) in [4.78, 5) is 0. The molecule has 0 atom stereocenters. The fourth-order valence-electron chi connectivity index (χ4n) is 1.16. The first kappa shape index (κ1) is 12.2. The Hall–Kier alpha value is -0.903. The topological polar surface area (TPSA) is 18.5 Å². The summed E-state index contributed by atoms with van der Waals surface area (Å²) < 4.78 is 10.5. The molecule has 2 radical (unpaired) electrons. The standard InChI is InChI=1S/C12H16O2Si/c1-3-11-4-6-12(7-5-11)10-14-8-9-15-13-2/h3-7H,1,8-10H2,2H3. The van der Waals surface area contributed by atoms with Crippen molar-refractivity contribution in [3.8, 4) is 0 Å². The maximum atomic E-state index is 5.50. The molecule has 1 aromatic rings. The molecule has 0 aliphatic carbocycles. The molecule has 0 saturated heterocycles. The van der Waals surface area contributed by atoms with Gasteiger partial charge in [0.05, 0.1) is 6.61 Å². The van der Waals surface area contributed by atoms with Crippen molar-refractivity contribution in [2.75, 3.05) is 13.7 Å². The molecule has 15 heavy (non-hydrogen) atoms. The van der Waals surface area contributed by atoms with Crippen molar-refractivity contribution in [1.82, 2.24) is 0 Å². The number of rotatable bonds is 7. The molecule has 0 unspecified atom stereocenters. The summed E-state index contributed by atoms with van der Waals surface area (Å²) in [5.74, 6) is 0. The molecular formula is C12H16O2Si. The van der Waals surface area contributed by atoms with Crippen molar-refractivity contribution >= 4 is 15.8 Å². The Labute approximate surface area is 93.9 Å². The van der Waals surface area contributed by atoms with Gasteiger partial charge in [0.15, 0.2) is 0 Å². The molecule has 0 amide bonds. The van der Waals surface area contributed by atoms with E-state index in [1.54, 1.807) is 7.11 Å². The Morgan fingerprint density at radius 3 is 2.67 bits per heavy atom. The maximum absolute atomic E-state index is 5.50. The molecule has 0 bridgehead atoms. The Morgan fingerprint density at radius 1 is 1.33 bits per heavy atom. The summed E-state index contributed by atoms with van der Waals surface area (Å²) in [6, 6.07) is 9.19. The van der Waals surface area contributed by atoms with Crippen molar-refractivity contribution in [2.24, 2.45) is 0 Å². The van der Waals surface area contributed by atoms with Gasteiger partial charge in [-0.15, -0.1) is 0 Å². The number of hydrogen-bond donors (Lipinski definition) is 0. The average Bonchev–Trinajstić information content (AvgIpc) is 2.30. The van der Waals surface area contributed by atoms with Gasteiger partial charge in [-0.3, -0.25) is 0 Å². The maximum Gasteiger partial charge on any atom is 0.231 e. The van der Waals surface area contributed by atoms with Crippen LogP contribution >= 0.6 is 0 Å². The van der Waals surface area contributed by atoms with Crippen LogP contribution in [0.15, 0.2) is 30.8 Å². The van der Waals surface area contributed by atoms with Crippen LogP contribution in [0, 0.1) is 0 Å². The minimum absolute atomic E-state index is 0.542. The quantitative estimate of drug-likeness (QED) is 0.519. The third kappa shape index (κ3) is 4.92. The lowest BCUT2D eigenvalue weighted by Crippen LogP contribution is -2.00. The van der Waals surface area contributed by atoms with Gasteiger partial charge in [-0.05, 0) is 17.2 Å². The number of ether oxygens (including phenoxy) is 1. The van der Waals surface area contributed by atoms with E-state index in [1.807, 2.05) is 18.2 Å². The monoisotopic (exact) mass is 220 g/mol. The van der Waals surface area contributed by atoms with Crippen molar-refractivity contribution in [1.29, 1.82) is 0 Å². The fourth-order valence-corrected chi connectivity index (χ4v) is 1.59. The van der Waals surface area contributed by atoms with Crippen LogP contribution in [-0.4, -0.2) is 23.5 Å². The Morgan fingerprint density at radius 2 is 2.07 bits per heavy atom. The SMILES string of the molecule is C=Cc1ccc(COCC[Si]OC)cc1. The van der Waals surface area contributed by atoms with E-state index < -0.39 is 0 Å². The molecular weight excluding hydrogens is 204 g/mol. The lowest BCUT2D eigenvalue weighted by atomic mass is 10.1. The molecule has 0 aliphatic rings. The van der Waals surface area contributed by atoms with E-state index in [1.165, 1.54) is 5.56 Å². The van der Waals surface area contributed by atoms with Gasteiger partial charge in [0.25, 0.3) is 0 Å². The van der Waals surface area contributed by atoms with Gasteiger partial charge >= 0.3 is 0 Å². The Kier molecular flexibility index (Phi) is 6.00. The highest BCUT2D eigenvalue weighted by Crippen LogP contribution is 2.06. The normalized spacial score (nSPS) is 10.2. The van der Waals surface area contributed by atoms with Crippen molar-refractivity contribution in [3.05, 3.63) is 42.0 Å². The first-order valence-electron chi connectivity index (χ1n) is 4.92. The van der Waals surface area contributed by atoms with Gasteiger partial charge in [0.2, 0.25) is 9.76 Å². The molecule has 0 spiro atoms. The summed E-state index contributed by atoms with van der Waals surface area (Å²) in [6.07, 6.45) is 1.84. The summed E-state index contributed by atoms with van der Waals surface area (Å²) in [5.41, 5.74) is 2.33. The molecule has 0 saturated carbocycles. The van der Waals surface area contributed by atoms with Crippen LogP contribution in [0.1, 0.15) is 11.1 Å². The molecule has 1 aromatic carbocycles. The highest BCUT2D eigenvalue weighted by Gasteiger charge is 1.94. The van der Waals surface area contributed by atoms with Crippen LogP contribution in [0.25, 0.3) is 6.08 Å². The van der Waals surface area contributed by atoms with Crippen LogP contribution in [0.3, 0.4) is 0 Å². The van der Waals surface area contributed by atoms with Gasteiger partial charge in [-0.25, -0.2) is 0 Å². The van der Waals surface area contributed by atoms with Crippen LogP contribution in [0.2, 0.25) is 6.04 Å². The van der Waals surface area contributed by atoms with Crippen molar-refractivity contribution in [3.63, 3.8) is 0 Å². The minimum atomic E-state index is 0.542. The fraction of sp³-hybridized carbons (Fsp3) is 0.333. The van der Waals surface area contributed by atoms with E-state index in [0.29, 0.717) is 16.4 Å². The van der Waals surface area contributed by atoms with E-state index in [2.05, 4.69) is 18.7 Å². The molecule has 0 aromatic heterocycles. The Bertz CT molecular complexity index is 282. The molecule has 1 rings (SSSR count). The van der Waals surface area contributed by atoms with E-state index in [9.17, 15) is 0 Å². The molecule has 0 fully saturated rings. The molecule has 0 aliphatic heterocycles. The molecule has 0 N–H and O–H groups in total. The van der Waals surface area contributed by atoms with Gasteiger partial charge in [0.1, 0.15) is 0 Å². The van der Waals surface area contributed by atoms with Crippen molar-refractivity contribution in [2.45, 2.75) is 12.7 Å². The highest BCUT2D eigenvalue weighted by molar-refractivity contribution is 6.26. The van der Waals surface area contributed by atoms with E-state index in [0.717, 1.165) is 18.2 Å². The van der Waals surface area contributed by atoms with Gasteiger partial charge in [0, 0.05) is 13.7 Å². The van der Waals surface area contributed by atoms with E-state index in [4.69, 9.17) is 9.16 Å². The van der Waals surface area contributed by atoms with Crippen LogP contribution in [0.4, 0.5) is 0 Å². The summed E-state index contributed by atoms with van der Waals surface area (Å²) in [5, 5.41) is 0. The first-order chi connectivity index (χ1) is 7.36. The number of hydrogen-bond acceptors (Lipinski definition) is 2. The molecule has 80 valence electrons. The van der Waals surface area contributed by atoms with E-state index in [-0.39, 0.29) is 0 Å². The lowest BCUT2D eigenvalue weighted by Gasteiger charge is -2.03. The molecule has 2 nitrogen and oxygen atoms in total. The zero-order valence-electron chi connectivity index (χ0n) is 9.03. The number of benzene rings is 1. The first-order valence-corrected chi connectivity index (χ1v) is 6.03. The smallest absolute Gasteiger partial charge is 0.231 e. The van der Waals surface area contributed by atoms with Crippen molar-refractivity contribution < 1.29 is 9.16 Å². The second-order valence-electron chi connectivity index (χ2n) is 3.10. The summed E-state index contributed by atoms with van der Waals surface area (Å²) in [7, 11) is 2.26. The van der Waals surface area contributed by atoms with Gasteiger partial charge < -0.3 is 9.16 Å². The molecule has 0 heterocycles. The largest absolute Gasteiger partial charge is 0.420 e. The Balaban J connectivity index is 2.22. The van der Waals surface area contributed by atoms with Crippen LogP contribution in [0.5, 0.6) is 0 Å². The third-order valence-electron chi connectivity index (χ3n) is 1.98. The molecule has 3 heteroatoms. The summed E-state index contributed by atoms with van der Waals surface area (Å²) >= 11 is 0. The summed E-state index contributed by atoms with van der Waals surface area (Å²) in [6.45, 7) is 5.14. The third-order valence-corrected chi connectivity index (χ3v) is 2.67. The highest BCUT2D eigenvalue weighted by atomic mass is 28.2.